The highest BCUT2D eigenvalue weighted by Crippen LogP contribution is 2.25. The predicted molar refractivity (Wildman–Crippen MR) is 69.3 cm³/mol. The van der Waals surface area contributed by atoms with Crippen molar-refractivity contribution >= 4 is 5.84 Å². The van der Waals surface area contributed by atoms with Crippen LogP contribution in [0.4, 0.5) is 4.39 Å². The van der Waals surface area contributed by atoms with Crippen LogP contribution in [0.3, 0.4) is 0 Å². The molecule has 0 aliphatic carbocycles. The van der Waals surface area contributed by atoms with Crippen LogP contribution in [-0.4, -0.2) is 29.5 Å². The maximum Gasteiger partial charge on any atom is 0.128 e. The lowest BCUT2D eigenvalue weighted by Gasteiger charge is -2.31. The molecule has 0 bridgehead atoms. The van der Waals surface area contributed by atoms with Crippen LogP contribution >= 0.6 is 0 Å². The fourth-order valence-electron chi connectivity index (χ4n) is 2.39. The van der Waals surface area contributed by atoms with E-state index in [0.29, 0.717) is 31.1 Å². The Kier molecular flexibility index (Phi) is 3.39. The summed E-state index contributed by atoms with van der Waals surface area (Å²) >= 11 is 0. The zero-order chi connectivity index (χ0) is 13.3. The molecule has 1 N–H and O–H groups in total. The minimum Gasteiger partial charge on any atom is -0.374 e. The van der Waals surface area contributed by atoms with Crippen LogP contribution in [-0.2, 0) is 11.3 Å². The molecular formula is C14H19FN2O. The van der Waals surface area contributed by atoms with Crippen LogP contribution in [0.1, 0.15) is 31.9 Å². The Morgan fingerprint density at radius 3 is 2.83 bits per heavy atom. The van der Waals surface area contributed by atoms with Crippen molar-refractivity contribution < 1.29 is 9.13 Å². The summed E-state index contributed by atoms with van der Waals surface area (Å²) in [7, 11) is 0. The lowest BCUT2D eigenvalue weighted by molar-refractivity contribution is -0.0234. The number of fused-ring (bicyclic) bond motifs is 1. The maximum absolute atomic E-state index is 13.2. The van der Waals surface area contributed by atoms with Crippen molar-refractivity contribution in [2.75, 3.05) is 13.2 Å². The second-order valence-electron chi connectivity index (χ2n) is 5.20. The number of nitrogens with zero attached hydrogens (tertiary/aromatic N) is 1. The molecule has 0 fully saturated rings. The van der Waals surface area contributed by atoms with Crippen molar-refractivity contribution in [3.8, 4) is 0 Å². The second-order valence-corrected chi connectivity index (χ2v) is 5.20. The molecule has 18 heavy (non-hydrogen) atoms. The fraction of sp³-hybridized carbons (Fsp3) is 0.500. The summed E-state index contributed by atoms with van der Waals surface area (Å²) in [4.78, 5) is 1.93. The molecule has 98 valence electrons. The summed E-state index contributed by atoms with van der Waals surface area (Å²) in [5, 5.41) is 8.10. The van der Waals surface area contributed by atoms with E-state index in [1.54, 1.807) is 6.07 Å². The fourth-order valence-corrected chi connectivity index (χ4v) is 2.39. The van der Waals surface area contributed by atoms with Crippen LogP contribution in [0.25, 0.3) is 0 Å². The number of nitrogens with one attached hydrogen (secondary N) is 1. The Morgan fingerprint density at radius 1 is 1.44 bits per heavy atom. The molecule has 0 amide bonds. The van der Waals surface area contributed by atoms with Crippen molar-refractivity contribution in [2.45, 2.75) is 32.9 Å². The second kappa shape index (κ2) is 4.69. The van der Waals surface area contributed by atoms with Gasteiger partial charge in [0, 0.05) is 25.3 Å². The molecule has 0 aromatic heterocycles. The topological polar surface area (TPSA) is 36.3 Å². The monoisotopic (exact) mass is 250 g/mol. The zero-order valence-electron chi connectivity index (χ0n) is 11.1. The Hall–Kier alpha value is -1.42. The smallest absolute Gasteiger partial charge is 0.128 e. The van der Waals surface area contributed by atoms with E-state index in [1.807, 2.05) is 25.7 Å². The number of halogens is 1. The van der Waals surface area contributed by atoms with Gasteiger partial charge in [0.05, 0.1) is 5.60 Å². The van der Waals surface area contributed by atoms with Gasteiger partial charge in [-0.3, -0.25) is 5.41 Å². The third-order valence-electron chi connectivity index (χ3n) is 3.11. The first-order chi connectivity index (χ1) is 8.43. The van der Waals surface area contributed by atoms with Crippen LogP contribution in [0.2, 0.25) is 0 Å². The summed E-state index contributed by atoms with van der Waals surface area (Å²) < 4.78 is 18.8. The van der Waals surface area contributed by atoms with Gasteiger partial charge in [-0.2, -0.15) is 0 Å². The molecule has 0 saturated carbocycles. The molecule has 0 saturated heterocycles. The van der Waals surface area contributed by atoms with Gasteiger partial charge in [0.25, 0.3) is 0 Å². The molecule has 1 aromatic carbocycles. The van der Waals surface area contributed by atoms with Crippen molar-refractivity contribution in [3.05, 3.63) is 35.1 Å². The van der Waals surface area contributed by atoms with E-state index in [9.17, 15) is 4.39 Å². The van der Waals surface area contributed by atoms with Crippen molar-refractivity contribution in [1.82, 2.24) is 4.90 Å². The third kappa shape index (κ3) is 2.53. The summed E-state index contributed by atoms with van der Waals surface area (Å²) in [5.74, 6) is 0.0988. The molecule has 1 aromatic rings. The van der Waals surface area contributed by atoms with Gasteiger partial charge in [0.2, 0.25) is 0 Å². The summed E-state index contributed by atoms with van der Waals surface area (Å²) in [6.07, 6.45) is 0. The normalized spacial score (nSPS) is 15.1. The highest BCUT2D eigenvalue weighted by atomic mass is 19.1. The number of hydrogen-bond donors (Lipinski definition) is 1. The first-order valence-corrected chi connectivity index (χ1v) is 6.19. The van der Waals surface area contributed by atoms with E-state index >= 15 is 0 Å². The minimum atomic E-state index is -0.304. The number of rotatable bonds is 4. The molecule has 4 heteroatoms. The maximum atomic E-state index is 13.2. The minimum absolute atomic E-state index is 0.288. The third-order valence-corrected chi connectivity index (χ3v) is 3.11. The lowest BCUT2D eigenvalue weighted by atomic mass is 10.1. The van der Waals surface area contributed by atoms with Crippen LogP contribution in [0.15, 0.2) is 18.2 Å². The molecule has 1 heterocycles. The summed E-state index contributed by atoms with van der Waals surface area (Å²) in [6.45, 7) is 7.92. The van der Waals surface area contributed by atoms with Gasteiger partial charge in [-0.15, -0.1) is 0 Å². The van der Waals surface area contributed by atoms with E-state index in [1.165, 1.54) is 12.1 Å². The molecule has 3 nitrogen and oxygen atoms in total. The van der Waals surface area contributed by atoms with Gasteiger partial charge in [-0.1, -0.05) is 6.07 Å². The van der Waals surface area contributed by atoms with E-state index < -0.39 is 0 Å². The first kappa shape index (κ1) is 13.0. The van der Waals surface area contributed by atoms with Crippen molar-refractivity contribution in [1.29, 1.82) is 5.41 Å². The number of hydrogen-bond acceptors (Lipinski definition) is 2. The van der Waals surface area contributed by atoms with Crippen molar-refractivity contribution in [3.63, 3.8) is 0 Å². The SMILES string of the molecule is CCOC(C)(C)CN1Cc2ccc(F)cc2C1=N. The van der Waals surface area contributed by atoms with Crippen molar-refractivity contribution in [2.24, 2.45) is 0 Å². The zero-order valence-corrected chi connectivity index (χ0v) is 11.1. The van der Waals surface area contributed by atoms with E-state index in [0.717, 1.165) is 5.56 Å². The van der Waals surface area contributed by atoms with Gasteiger partial charge in [0.1, 0.15) is 11.7 Å². The molecule has 1 aliphatic heterocycles. The average Bonchev–Trinajstić information content (AvgIpc) is 2.56. The van der Waals surface area contributed by atoms with Gasteiger partial charge in [-0.25, -0.2) is 4.39 Å². The van der Waals surface area contributed by atoms with E-state index in [-0.39, 0.29) is 11.4 Å². The van der Waals surface area contributed by atoms with Gasteiger partial charge < -0.3 is 9.64 Å². The molecule has 0 atom stereocenters. The Balaban J connectivity index is 2.14. The summed E-state index contributed by atoms with van der Waals surface area (Å²) in [5.41, 5.74) is 1.40. The first-order valence-electron chi connectivity index (χ1n) is 6.19. The molecule has 0 unspecified atom stereocenters. The largest absolute Gasteiger partial charge is 0.374 e. The Labute approximate surface area is 107 Å². The highest BCUT2D eigenvalue weighted by Gasteiger charge is 2.30. The van der Waals surface area contributed by atoms with E-state index in [2.05, 4.69) is 0 Å². The van der Waals surface area contributed by atoms with Crippen LogP contribution < -0.4 is 0 Å². The predicted octanol–water partition coefficient (Wildman–Crippen LogP) is 2.78. The van der Waals surface area contributed by atoms with Crippen LogP contribution in [0, 0.1) is 11.2 Å². The molecule has 0 radical (unpaired) electrons. The number of benzene rings is 1. The number of ether oxygens (including phenoxy) is 1. The summed E-state index contributed by atoms with van der Waals surface area (Å²) in [6, 6.07) is 4.64. The molecule has 0 spiro atoms. The molecular weight excluding hydrogens is 231 g/mol. The Morgan fingerprint density at radius 2 is 2.17 bits per heavy atom. The standard InChI is InChI=1S/C14H19FN2O/c1-4-18-14(2,3)9-17-8-10-5-6-11(15)7-12(10)13(17)16/h5-7,16H,4,8-9H2,1-3H3. The highest BCUT2D eigenvalue weighted by molar-refractivity contribution is 6.00. The average molecular weight is 250 g/mol. The lowest BCUT2D eigenvalue weighted by Crippen LogP contribution is -2.40. The van der Waals surface area contributed by atoms with Gasteiger partial charge in [-0.05, 0) is 38.5 Å². The quantitative estimate of drug-likeness (QED) is 0.892. The van der Waals surface area contributed by atoms with E-state index in [4.69, 9.17) is 10.1 Å². The number of amidine groups is 1. The Bertz CT molecular complexity index is 471. The molecule has 1 aliphatic rings. The van der Waals surface area contributed by atoms with Crippen LogP contribution in [0.5, 0.6) is 0 Å². The van der Waals surface area contributed by atoms with Gasteiger partial charge in [0.15, 0.2) is 0 Å². The molecule has 2 rings (SSSR count). The van der Waals surface area contributed by atoms with Gasteiger partial charge >= 0.3 is 0 Å².